The molecule has 0 spiro atoms. The van der Waals surface area contributed by atoms with Crippen molar-refractivity contribution in [1.29, 1.82) is 0 Å². The minimum Gasteiger partial charge on any atom is -0.265 e. The molecule has 6 nitrogen and oxygen atoms in total. The number of para-hydroxylation sites is 2. The van der Waals surface area contributed by atoms with Gasteiger partial charge in [-0.3, -0.25) is 9.71 Å². The van der Waals surface area contributed by atoms with Crippen LogP contribution in [0.2, 0.25) is 5.15 Å². The maximum Gasteiger partial charge on any atom is 0.263 e. The lowest BCUT2D eigenvalue weighted by atomic mass is 10.3. The number of aromatic nitrogens is 3. The van der Waals surface area contributed by atoms with Gasteiger partial charge < -0.3 is 0 Å². The average molecular weight is 321 g/mol. The van der Waals surface area contributed by atoms with Crippen molar-refractivity contribution in [2.24, 2.45) is 0 Å². The van der Waals surface area contributed by atoms with E-state index in [1.807, 2.05) is 0 Å². The van der Waals surface area contributed by atoms with Crippen LogP contribution in [0.5, 0.6) is 0 Å². The van der Waals surface area contributed by atoms with Gasteiger partial charge in [-0.15, -0.1) is 0 Å². The van der Waals surface area contributed by atoms with Gasteiger partial charge in [-0.25, -0.2) is 18.4 Å². The van der Waals surface area contributed by atoms with Crippen molar-refractivity contribution >= 4 is 38.5 Å². The Morgan fingerprint density at radius 3 is 2.24 bits per heavy atom. The molecule has 0 bridgehead atoms. The van der Waals surface area contributed by atoms with Crippen LogP contribution in [0.25, 0.3) is 11.0 Å². The molecular formula is C13H9ClN4O2S. The van der Waals surface area contributed by atoms with Crippen molar-refractivity contribution in [2.75, 3.05) is 4.72 Å². The van der Waals surface area contributed by atoms with Crippen LogP contribution in [0, 0.1) is 0 Å². The van der Waals surface area contributed by atoms with Gasteiger partial charge in [0.05, 0.1) is 15.9 Å². The van der Waals surface area contributed by atoms with E-state index in [1.165, 1.54) is 24.5 Å². The number of hydrogen-bond acceptors (Lipinski definition) is 5. The van der Waals surface area contributed by atoms with Crippen LogP contribution in [0.15, 0.2) is 53.7 Å². The van der Waals surface area contributed by atoms with Crippen LogP contribution < -0.4 is 4.72 Å². The number of sulfonamides is 1. The van der Waals surface area contributed by atoms with E-state index >= 15 is 0 Å². The molecule has 0 atom stereocenters. The van der Waals surface area contributed by atoms with Crippen LogP contribution in [-0.4, -0.2) is 23.4 Å². The molecule has 21 heavy (non-hydrogen) atoms. The lowest BCUT2D eigenvalue weighted by Gasteiger charge is -2.09. The van der Waals surface area contributed by atoms with Crippen molar-refractivity contribution in [3.8, 4) is 0 Å². The molecule has 0 aliphatic carbocycles. The first-order valence-electron chi connectivity index (χ1n) is 5.91. The van der Waals surface area contributed by atoms with Crippen LogP contribution >= 0.6 is 11.6 Å². The van der Waals surface area contributed by atoms with E-state index in [1.54, 1.807) is 24.3 Å². The number of nitrogens with zero attached hydrogens (tertiary/aromatic N) is 3. The molecule has 8 heteroatoms. The first-order valence-corrected chi connectivity index (χ1v) is 7.77. The number of nitrogens with one attached hydrogen (secondary N) is 1. The molecule has 0 aliphatic rings. The van der Waals surface area contributed by atoms with Gasteiger partial charge in [-0.05, 0) is 24.3 Å². The van der Waals surface area contributed by atoms with Crippen molar-refractivity contribution in [3.05, 3.63) is 53.9 Å². The highest BCUT2D eigenvalue weighted by Gasteiger charge is 2.17. The van der Waals surface area contributed by atoms with Gasteiger partial charge in [0.15, 0.2) is 11.0 Å². The molecule has 3 aromatic rings. The summed E-state index contributed by atoms with van der Waals surface area (Å²) in [6, 6.07) is 9.81. The van der Waals surface area contributed by atoms with Gasteiger partial charge >= 0.3 is 0 Å². The summed E-state index contributed by atoms with van der Waals surface area (Å²) in [6.07, 6.45) is 2.78. The zero-order chi connectivity index (χ0) is 14.9. The third-order valence-corrected chi connectivity index (χ3v) is 4.34. The number of pyridine rings is 1. The molecule has 1 N–H and O–H groups in total. The Morgan fingerprint density at radius 2 is 1.57 bits per heavy atom. The fourth-order valence-electron chi connectivity index (χ4n) is 1.75. The lowest BCUT2D eigenvalue weighted by Crippen LogP contribution is -2.14. The smallest absolute Gasteiger partial charge is 0.263 e. The number of anilines is 1. The van der Waals surface area contributed by atoms with E-state index in [2.05, 4.69) is 19.7 Å². The van der Waals surface area contributed by atoms with Gasteiger partial charge in [0.25, 0.3) is 10.0 Å². The van der Waals surface area contributed by atoms with Crippen molar-refractivity contribution in [3.63, 3.8) is 0 Å². The fourth-order valence-corrected chi connectivity index (χ4v) is 2.98. The molecule has 1 aromatic carbocycles. The Bertz CT molecular complexity index is 900. The highest BCUT2D eigenvalue weighted by Crippen LogP contribution is 2.23. The highest BCUT2D eigenvalue weighted by molar-refractivity contribution is 7.92. The predicted molar refractivity (Wildman–Crippen MR) is 79.6 cm³/mol. The second-order valence-electron chi connectivity index (χ2n) is 4.14. The third kappa shape index (κ3) is 2.79. The molecule has 2 heterocycles. The number of halogens is 1. The van der Waals surface area contributed by atoms with Crippen molar-refractivity contribution < 1.29 is 8.42 Å². The standard InChI is InChI=1S/C13H9ClN4O2S/c14-12-13(17-11-4-2-1-3-10(11)16-12)18-21(19,20)9-5-7-15-8-6-9/h1-8H,(H,17,18). The zero-order valence-corrected chi connectivity index (χ0v) is 12.1. The summed E-state index contributed by atoms with van der Waals surface area (Å²) in [6.45, 7) is 0. The Morgan fingerprint density at radius 1 is 0.952 bits per heavy atom. The Labute approximate surface area is 125 Å². The van der Waals surface area contributed by atoms with E-state index in [-0.39, 0.29) is 15.9 Å². The maximum atomic E-state index is 12.2. The number of hydrogen-bond donors (Lipinski definition) is 1. The summed E-state index contributed by atoms with van der Waals surface area (Å²) in [7, 11) is -3.78. The van der Waals surface area contributed by atoms with E-state index in [0.717, 1.165) is 0 Å². The molecule has 106 valence electrons. The van der Waals surface area contributed by atoms with E-state index in [9.17, 15) is 8.42 Å². The molecule has 3 rings (SSSR count). The van der Waals surface area contributed by atoms with E-state index in [4.69, 9.17) is 11.6 Å². The predicted octanol–water partition coefficient (Wildman–Crippen LogP) is 2.48. The molecular weight excluding hydrogens is 312 g/mol. The van der Waals surface area contributed by atoms with E-state index < -0.39 is 10.0 Å². The van der Waals surface area contributed by atoms with Gasteiger partial charge in [-0.1, -0.05) is 23.7 Å². The number of rotatable bonds is 3. The fraction of sp³-hybridized carbons (Fsp3) is 0. The minimum absolute atomic E-state index is 0.00724. The second-order valence-corrected chi connectivity index (χ2v) is 6.18. The zero-order valence-electron chi connectivity index (χ0n) is 10.6. The first-order chi connectivity index (χ1) is 10.1. The maximum absolute atomic E-state index is 12.2. The average Bonchev–Trinajstić information content (AvgIpc) is 2.49. The molecule has 0 fully saturated rings. The van der Waals surface area contributed by atoms with Crippen molar-refractivity contribution in [2.45, 2.75) is 4.90 Å². The van der Waals surface area contributed by atoms with Crippen LogP contribution in [0.4, 0.5) is 5.82 Å². The summed E-state index contributed by atoms with van der Waals surface area (Å²) in [5.41, 5.74) is 1.14. The second kappa shape index (κ2) is 5.27. The van der Waals surface area contributed by atoms with Crippen molar-refractivity contribution in [1.82, 2.24) is 15.0 Å². The summed E-state index contributed by atoms with van der Waals surface area (Å²) >= 11 is 5.98. The SMILES string of the molecule is O=S(=O)(Nc1nc2ccccc2nc1Cl)c1ccncc1. The monoisotopic (exact) mass is 320 g/mol. The van der Waals surface area contributed by atoms with Gasteiger partial charge in [0.1, 0.15) is 0 Å². The van der Waals surface area contributed by atoms with Gasteiger partial charge in [-0.2, -0.15) is 0 Å². The molecule has 0 unspecified atom stereocenters. The summed E-state index contributed by atoms with van der Waals surface area (Å²) in [4.78, 5) is 12.2. The first kappa shape index (κ1) is 13.7. The topological polar surface area (TPSA) is 84.8 Å². The molecule has 0 saturated carbocycles. The molecule has 0 radical (unpaired) electrons. The minimum atomic E-state index is -3.78. The number of fused-ring (bicyclic) bond motifs is 1. The quantitative estimate of drug-likeness (QED) is 0.801. The molecule has 0 saturated heterocycles. The van der Waals surface area contributed by atoms with Gasteiger partial charge in [0.2, 0.25) is 0 Å². The Balaban J connectivity index is 2.04. The van der Waals surface area contributed by atoms with E-state index in [0.29, 0.717) is 11.0 Å². The largest absolute Gasteiger partial charge is 0.265 e. The summed E-state index contributed by atoms with van der Waals surface area (Å²) < 4.78 is 26.8. The summed E-state index contributed by atoms with van der Waals surface area (Å²) in [5, 5.41) is -0.00803. The van der Waals surface area contributed by atoms with Crippen LogP contribution in [0.3, 0.4) is 0 Å². The normalized spacial score (nSPS) is 11.5. The molecule has 0 aliphatic heterocycles. The Hall–Kier alpha value is -2.25. The Kier molecular flexibility index (Phi) is 3.44. The van der Waals surface area contributed by atoms with Gasteiger partial charge in [0, 0.05) is 12.4 Å². The molecule has 2 aromatic heterocycles. The summed E-state index contributed by atoms with van der Waals surface area (Å²) in [5.74, 6) is -0.00724. The van der Waals surface area contributed by atoms with Crippen LogP contribution in [0.1, 0.15) is 0 Å². The van der Waals surface area contributed by atoms with Crippen LogP contribution in [-0.2, 0) is 10.0 Å². The lowest BCUT2D eigenvalue weighted by molar-refractivity contribution is 0.601. The number of benzene rings is 1. The third-order valence-electron chi connectivity index (χ3n) is 2.72. The molecule has 0 amide bonds. The highest BCUT2D eigenvalue weighted by atomic mass is 35.5.